The lowest BCUT2D eigenvalue weighted by Gasteiger charge is -2.11. The number of rotatable bonds is 11. The van der Waals surface area contributed by atoms with Gasteiger partial charge in [0.05, 0.1) is 21.8 Å². The Labute approximate surface area is 211 Å². The molecule has 0 aliphatic heterocycles. The van der Waals surface area contributed by atoms with Crippen LogP contribution in [0.25, 0.3) is 0 Å². The zero-order valence-electron chi connectivity index (χ0n) is 18.2. The molecule has 0 spiro atoms. The number of halogens is 3. The van der Waals surface area contributed by atoms with Crippen molar-refractivity contribution in [1.82, 2.24) is 10.9 Å². The lowest BCUT2D eigenvalue weighted by atomic mass is 10.2. The van der Waals surface area contributed by atoms with E-state index in [2.05, 4.69) is 39.0 Å². The average Bonchev–Trinajstić information content (AvgIpc) is 2.78. The Kier molecular flexibility index (Phi) is 11.5. The first kappa shape index (κ1) is 27.0. The molecule has 0 aliphatic carbocycles. The number of anilines is 1. The number of carbonyl (C=O) groups is 3. The first-order valence-corrected chi connectivity index (χ1v) is 12.1. The number of ether oxygens (including phenoxy) is 1. The molecule has 0 aromatic heterocycles. The van der Waals surface area contributed by atoms with Crippen LogP contribution in [0.4, 0.5) is 5.69 Å². The van der Waals surface area contributed by atoms with Crippen LogP contribution in [0.5, 0.6) is 5.75 Å². The Morgan fingerprint density at radius 2 is 1.70 bits per heavy atom. The molecular formula is C23H26BrCl2N3O4. The van der Waals surface area contributed by atoms with Crippen LogP contribution in [-0.4, -0.2) is 24.3 Å². The minimum Gasteiger partial charge on any atom is -0.492 e. The fourth-order valence-corrected chi connectivity index (χ4v) is 3.71. The maximum atomic E-state index is 12.3. The van der Waals surface area contributed by atoms with Gasteiger partial charge in [-0.05, 0) is 58.7 Å². The van der Waals surface area contributed by atoms with Gasteiger partial charge in [0.2, 0.25) is 11.8 Å². The zero-order chi connectivity index (χ0) is 24.2. The summed E-state index contributed by atoms with van der Waals surface area (Å²) < 4.78 is 6.37. The molecule has 0 saturated heterocycles. The van der Waals surface area contributed by atoms with E-state index in [0.29, 0.717) is 38.1 Å². The molecule has 3 amide bonds. The van der Waals surface area contributed by atoms with Gasteiger partial charge in [-0.2, -0.15) is 0 Å². The van der Waals surface area contributed by atoms with Gasteiger partial charge in [-0.25, -0.2) is 0 Å². The maximum absolute atomic E-state index is 12.3. The standard InChI is InChI=1S/C23H26BrCl2N3O4/c1-2-3-4-5-12-33-20-9-6-15(13-17(20)24)23(32)29-28-22(31)11-10-21(30)27-19-8-7-16(25)14-18(19)26/h6-9,13-14H,2-5,10-12H2,1H3,(H,27,30)(H,28,31)(H,29,32). The number of benzene rings is 2. The fourth-order valence-electron chi connectivity index (χ4n) is 2.76. The second kappa shape index (κ2) is 14.1. The van der Waals surface area contributed by atoms with Crippen molar-refractivity contribution in [1.29, 1.82) is 0 Å². The van der Waals surface area contributed by atoms with E-state index in [9.17, 15) is 14.4 Å². The molecule has 0 heterocycles. The van der Waals surface area contributed by atoms with Crippen LogP contribution in [0.1, 0.15) is 55.8 Å². The second-order valence-electron chi connectivity index (χ2n) is 7.23. The first-order chi connectivity index (χ1) is 15.8. The Balaban J connectivity index is 1.74. The Bertz CT molecular complexity index is 988. The van der Waals surface area contributed by atoms with E-state index in [1.807, 2.05) is 0 Å². The van der Waals surface area contributed by atoms with Crippen molar-refractivity contribution >= 4 is 62.5 Å². The number of hydrogen-bond donors (Lipinski definition) is 3. The number of amides is 3. The lowest BCUT2D eigenvalue weighted by Crippen LogP contribution is -2.41. The summed E-state index contributed by atoms with van der Waals surface area (Å²) in [5.74, 6) is -0.739. The molecular weight excluding hydrogens is 533 g/mol. The van der Waals surface area contributed by atoms with Crippen LogP contribution in [0.2, 0.25) is 10.0 Å². The molecule has 2 aromatic rings. The predicted octanol–water partition coefficient (Wildman–Crippen LogP) is 5.89. The quantitative estimate of drug-likeness (QED) is 0.236. The van der Waals surface area contributed by atoms with E-state index in [-0.39, 0.29) is 12.8 Å². The van der Waals surface area contributed by atoms with Gasteiger partial charge in [-0.1, -0.05) is 49.4 Å². The topological polar surface area (TPSA) is 96.5 Å². The van der Waals surface area contributed by atoms with Gasteiger partial charge >= 0.3 is 0 Å². The molecule has 0 fully saturated rings. The molecule has 0 aliphatic rings. The molecule has 178 valence electrons. The molecule has 2 aromatic carbocycles. The van der Waals surface area contributed by atoms with Crippen molar-refractivity contribution in [2.45, 2.75) is 45.4 Å². The van der Waals surface area contributed by atoms with Crippen molar-refractivity contribution in [3.05, 3.63) is 56.5 Å². The summed E-state index contributed by atoms with van der Waals surface area (Å²) in [5.41, 5.74) is 5.38. The summed E-state index contributed by atoms with van der Waals surface area (Å²) in [6, 6.07) is 9.60. The highest BCUT2D eigenvalue weighted by Gasteiger charge is 2.12. The summed E-state index contributed by atoms with van der Waals surface area (Å²) in [5, 5.41) is 3.35. The predicted molar refractivity (Wildman–Crippen MR) is 134 cm³/mol. The largest absolute Gasteiger partial charge is 0.492 e. The molecule has 0 unspecified atom stereocenters. The molecule has 0 bridgehead atoms. The molecule has 33 heavy (non-hydrogen) atoms. The summed E-state index contributed by atoms with van der Waals surface area (Å²) in [6.45, 7) is 2.76. The van der Waals surface area contributed by atoms with Crippen LogP contribution in [0.15, 0.2) is 40.9 Å². The normalized spacial score (nSPS) is 10.4. The molecule has 2 rings (SSSR count). The Morgan fingerprint density at radius 1 is 0.939 bits per heavy atom. The van der Waals surface area contributed by atoms with Crippen LogP contribution in [0, 0.1) is 0 Å². The third-order valence-corrected chi connectivity index (χ3v) is 5.72. The number of hydrogen-bond acceptors (Lipinski definition) is 4. The van der Waals surface area contributed by atoms with Gasteiger partial charge in [0.1, 0.15) is 5.75 Å². The van der Waals surface area contributed by atoms with Gasteiger partial charge in [-0.15, -0.1) is 0 Å². The van der Waals surface area contributed by atoms with E-state index in [4.69, 9.17) is 27.9 Å². The number of hydrazine groups is 1. The van der Waals surface area contributed by atoms with Crippen LogP contribution in [-0.2, 0) is 9.59 Å². The van der Waals surface area contributed by atoms with Crippen molar-refractivity contribution in [3.8, 4) is 5.75 Å². The van der Waals surface area contributed by atoms with Gasteiger partial charge < -0.3 is 10.1 Å². The van der Waals surface area contributed by atoms with Gasteiger partial charge in [0.25, 0.3) is 5.91 Å². The lowest BCUT2D eigenvalue weighted by molar-refractivity contribution is -0.124. The van der Waals surface area contributed by atoms with Gasteiger partial charge in [0.15, 0.2) is 0 Å². The monoisotopic (exact) mass is 557 g/mol. The fraction of sp³-hybridized carbons (Fsp3) is 0.348. The van der Waals surface area contributed by atoms with E-state index < -0.39 is 17.7 Å². The van der Waals surface area contributed by atoms with E-state index in [1.165, 1.54) is 12.5 Å². The summed E-state index contributed by atoms with van der Waals surface area (Å²) in [7, 11) is 0. The van der Waals surface area contributed by atoms with Crippen LogP contribution in [0.3, 0.4) is 0 Å². The number of nitrogens with one attached hydrogen (secondary N) is 3. The zero-order valence-corrected chi connectivity index (χ0v) is 21.3. The maximum Gasteiger partial charge on any atom is 0.269 e. The SMILES string of the molecule is CCCCCCOc1ccc(C(=O)NNC(=O)CCC(=O)Nc2ccc(Cl)cc2Cl)cc1Br. The number of carbonyl (C=O) groups excluding carboxylic acids is 3. The van der Waals surface area contributed by atoms with E-state index in [1.54, 1.807) is 30.3 Å². The molecule has 10 heteroatoms. The van der Waals surface area contributed by atoms with E-state index >= 15 is 0 Å². The Morgan fingerprint density at radius 3 is 2.39 bits per heavy atom. The highest BCUT2D eigenvalue weighted by molar-refractivity contribution is 9.10. The smallest absolute Gasteiger partial charge is 0.269 e. The van der Waals surface area contributed by atoms with Crippen LogP contribution >= 0.6 is 39.1 Å². The van der Waals surface area contributed by atoms with Crippen molar-refractivity contribution in [2.24, 2.45) is 0 Å². The van der Waals surface area contributed by atoms with Gasteiger partial charge in [0, 0.05) is 23.4 Å². The molecule has 0 saturated carbocycles. The van der Waals surface area contributed by atoms with Crippen LogP contribution < -0.4 is 20.9 Å². The minimum atomic E-state index is -0.508. The summed E-state index contributed by atoms with van der Waals surface area (Å²) in [4.78, 5) is 36.3. The highest BCUT2D eigenvalue weighted by atomic mass is 79.9. The van der Waals surface area contributed by atoms with Crippen molar-refractivity contribution in [3.63, 3.8) is 0 Å². The number of unbranched alkanes of at least 4 members (excludes halogenated alkanes) is 3. The van der Waals surface area contributed by atoms with E-state index in [0.717, 1.165) is 19.3 Å². The Hall–Kier alpha value is -2.29. The first-order valence-electron chi connectivity index (χ1n) is 10.6. The van der Waals surface area contributed by atoms with Gasteiger partial charge in [-0.3, -0.25) is 25.2 Å². The third-order valence-electron chi connectivity index (χ3n) is 4.55. The second-order valence-corrected chi connectivity index (χ2v) is 8.93. The molecule has 3 N–H and O–H groups in total. The summed E-state index contributed by atoms with van der Waals surface area (Å²) in [6.07, 6.45) is 4.22. The highest BCUT2D eigenvalue weighted by Crippen LogP contribution is 2.27. The minimum absolute atomic E-state index is 0.0868. The van der Waals surface area contributed by atoms with Crippen molar-refractivity contribution in [2.75, 3.05) is 11.9 Å². The molecule has 0 atom stereocenters. The molecule has 0 radical (unpaired) electrons. The van der Waals surface area contributed by atoms with Crippen molar-refractivity contribution < 1.29 is 19.1 Å². The third kappa shape index (κ3) is 9.61. The summed E-state index contributed by atoms with van der Waals surface area (Å²) >= 11 is 15.2. The molecule has 7 nitrogen and oxygen atoms in total. The average molecular weight is 559 g/mol.